The molecular weight excluding hydrogens is 429 g/mol. The van der Waals surface area contributed by atoms with Crippen LogP contribution in [-0.4, -0.2) is 26.8 Å². The highest BCUT2D eigenvalue weighted by Gasteiger charge is 2.10. The van der Waals surface area contributed by atoms with Crippen LogP contribution in [0.3, 0.4) is 0 Å². The highest BCUT2D eigenvalue weighted by Crippen LogP contribution is 2.28. The van der Waals surface area contributed by atoms with Gasteiger partial charge in [0.15, 0.2) is 4.34 Å². The number of fused-ring (bicyclic) bond motifs is 1. The van der Waals surface area contributed by atoms with Gasteiger partial charge in [-0.2, -0.15) is 0 Å². The molecule has 0 saturated heterocycles. The van der Waals surface area contributed by atoms with Crippen LogP contribution in [-0.2, 0) is 16.3 Å². The van der Waals surface area contributed by atoms with E-state index in [0.29, 0.717) is 10.9 Å². The number of amides is 1. The zero-order chi connectivity index (χ0) is 19.2. The molecule has 0 unspecified atom stereocenters. The molecule has 9 heteroatoms. The van der Waals surface area contributed by atoms with E-state index in [1.165, 1.54) is 21.6 Å². The fourth-order valence-electron chi connectivity index (χ4n) is 2.41. The number of para-hydroxylation sites is 1. The second-order valence-electron chi connectivity index (χ2n) is 5.76. The van der Waals surface area contributed by atoms with Gasteiger partial charge in [-0.1, -0.05) is 65.6 Å². The van der Waals surface area contributed by atoms with Crippen LogP contribution in [0.1, 0.15) is 10.6 Å². The average molecular weight is 445 g/mol. The van der Waals surface area contributed by atoms with Crippen molar-refractivity contribution < 1.29 is 4.79 Å². The Morgan fingerprint density at radius 2 is 1.79 bits per heavy atom. The van der Waals surface area contributed by atoms with Gasteiger partial charge in [-0.3, -0.25) is 10.1 Å². The van der Waals surface area contributed by atoms with Crippen LogP contribution in [0.5, 0.6) is 0 Å². The maximum atomic E-state index is 12.1. The maximum absolute atomic E-state index is 12.1. The summed E-state index contributed by atoms with van der Waals surface area (Å²) in [4.78, 5) is 16.7. The van der Waals surface area contributed by atoms with Crippen LogP contribution in [0.15, 0.2) is 58.9 Å². The molecular formula is C19H16N4OS4. The zero-order valence-corrected chi connectivity index (χ0v) is 18.0. The van der Waals surface area contributed by atoms with Gasteiger partial charge < -0.3 is 0 Å². The Morgan fingerprint density at radius 3 is 2.64 bits per heavy atom. The Hall–Kier alpha value is -1.94. The first kappa shape index (κ1) is 19.4. The third kappa shape index (κ3) is 5.32. The average Bonchev–Trinajstić information content (AvgIpc) is 3.33. The van der Waals surface area contributed by atoms with Crippen LogP contribution in [0.25, 0.3) is 10.2 Å². The molecule has 142 valence electrons. The van der Waals surface area contributed by atoms with Crippen molar-refractivity contribution in [2.45, 2.75) is 15.8 Å². The number of anilines is 1. The SMILES string of the molecule is O=C(CSCc1nc2ccccc2s1)Nc1nnc(SCc2ccccc2)s1. The fourth-order valence-corrected chi connectivity index (χ4v) is 5.98. The van der Waals surface area contributed by atoms with Crippen molar-refractivity contribution in [3.05, 3.63) is 65.2 Å². The van der Waals surface area contributed by atoms with Crippen molar-refractivity contribution in [1.82, 2.24) is 15.2 Å². The molecule has 2 aromatic heterocycles. The molecule has 0 radical (unpaired) electrons. The van der Waals surface area contributed by atoms with E-state index >= 15 is 0 Å². The molecule has 0 aliphatic carbocycles. The number of aromatic nitrogens is 3. The van der Waals surface area contributed by atoms with Gasteiger partial charge in [0.05, 0.1) is 16.0 Å². The summed E-state index contributed by atoms with van der Waals surface area (Å²) in [6, 6.07) is 18.3. The van der Waals surface area contributed by atoms with Crippen molar-refractivity contribution in [3.63, 3.8) is 0 Å². The van der Waals surface area contributed by atoms with E-state index in [1.54, 1.807) is 34.9 Å². The molecule has 2 heterocycles. The molecule has 0 spiro atoms. The monoisotopic (exact) mass is 444 g/mol. The van der Waals surface area contributed by atoms with Gasteiger partial charge in [-0.25, -0.2) is 4.98 Å². The lowest BCUT2D eigenvalue weighted by Gasteiger charge is -2.00. The number of thiazole rings is 1. The predicted molar refractivity (Wildman–Crippen MR) is 120 cm³/mol. The standard InChI is InChI=1S/C19H16N4OS4/c24-16(11-25-12-17-20-14-8-4-5-9-15(14)27-17)21-18-22-23-19(28-18)26-10-13-6-2-1-3-7-13/h1-9H,10-12H2,(H,21,22,24). The lowest BCUT2D eigenvalue weighted by Crippen LogP contribution is -2.13. The summed E-state index contributed by atoms with van der Waals surface area (Å²) < 4.78 is 2.03. The maximum Gasteiger partial charge on any atom is 0.236 e. The Bertz CT molecular complexity index is 1030. The van der Waals surface area contributed by atoms with Gasteiger partial charge in [0.25, 0.3) is 0 Å². The van der Waals surface area contributed by atoms with Gasteiger partial charge in [0.2, 0.25) is 11.0 Å². The molecule has 2 aromatic carbocycles. The summed E-state index contributed by atoms with van der Waals surface area (Å²) in [5, 5.41) is 12.6. The van der Waals surface area contributed by atoms with E-state index in [0.717, 1.165) is 26.4 Å². The zero-order valence-electron chi connectivity index (χ0n) is 14.7. The molecule has 1 N–H and O–H groups in total. The fraction of sp³-hybridized carbons (Fsp3) is 0.158. The number of rotatable bonds is 8. The summed E-state index contributed by atoms with van der Waals surface area (Å²) in [7, 11) is 0. The van der Waals surface area contributed by atoms with Gasteiger partial charge in [0.1, 0.15) is 5.01 Å². The molecule has 4 rings (SSSR count). The van der Waals surface area contributed by atoms with E-state index in [9.17, 15) is 4.79 Å². The lowest BCUT2D eigenvalue weighted by atomic mass is 10.2. The summed E-state index contributed by atoms with van der Waals surface area (Å²) in [5.41, 5.74) is 2.25. The van der Waals surface area contributed by atoms with E-state index in [4.69, 9.17) is 0 Å². The second kappa shape index (κ2) is 9.51. The number of benzene rings is 2. The lowest BCUT2D eigenvalue weighted by molar-refractivity contribution is -0.113. The number of nitrogens with zero attached hydrogens (tertiary/aromatic N) is 3. The number of carbonyl (C=O) groups excluding carboxylic acids is 1. The van der Waals surface area contributed by atoms with E-state index in [2.05, 4.69) is 38.7 Å². The van der Waals surface area contributed by atoms with Gasteiger partial charge in [-0.15, -0.1) is 33.3 Å². The minimum absolute atomic E-state index is 0.0677. The number of carbonyl (C=O) groups is 1. The van der Waals surface area contributed by atoms with E-state index < -0.39 is 0 Å². The molecule has 28 heavy (non-hydrogen) atoms. The van der Waals surface area contributed by atoms with Crippen LogP contribution >= 0.6 is 46.2 Å². The van der Waals surface area contributed by atoms with Gasteiger partial charge in [0, 0.05) is 11.5 Å². The third-order valence-electron chi connectivity index (χ3n) is 3.65. The highest BCUT2D eigenvalue weighted by atomic mass is 32.2. The van der Waals surface area contributed by atoms with Crippen LogP contribution in [0, 0.1) is 0 Å². The molecule has 4 aromatic rings. The van der Waals surface area contributed by atoms with Crippen molar-refractivity contribution in [2.75, 3.05) is 11.1 Å². The predicted octanol–water partition coefficient (Wildman–Crippen LogP) is 5.31. The van der Waals surface area contributed by atoms with Crippen molar-refractivity contribution in [1.29, 1.82) is 0 Å². The quantitative estimate of drug-likeness (QED) is 0.293. The molecule has 0 aliphatic rings. The van der Waals surface area contributed by atoms with Crippen LogP contribution < -0.4 is 5.32 Å². The van der Waals surface area contributed by atoms with Gasteiger partial charge >= 0.3 is 0 Å². The summed E-state index contributed by atoms with van der Waals surface area (Å²) in [5.74, 6) is 1.85. The van der Waals surface area contributed by atoms with Crippen molar-refractivity contribution >= 4 is 67.5 Å². The first-order valence-electron chi connectivity index (χ1n) is 8.48. The molecule has 0 atom stereocenters. The molecule has 5 nitrogen and oxygen atoms in total. The first-order chi connectivity index (χ1) is 13.8. The Balaban J connectivity index is 1.22. The minimum atomic E-state index is -0.0677. The molecule has 1 amide bonds. The molecule has 0 saturated carbocycles. The Kier molecular flexibility index (Phi) is 6.58. The Morgan fingerprint density at radius 1 is 0.964 bits per heavy atom. The van der Waals surface area contributed by atoms with E-state index in [1.807, 2.05) is 36.4 Å². The summed E-state index contributed by atoms with van der Waals surface area (Å²) in [6.45, 7) is 0. The number of hydrogen-bond donors (Lipinski definition) is 1. The minimum Gasteiger partial charge on any atom is -0.300 e. The number of nitrogens with one attached hydrogen (secondary N) is 1. The smallest absolute Gasteiger partial charge is 0.236 e. The van der Waals surface area contributed by atoms with E-state index in [-0.39, 0.29) is 5.91 Å². The Labute approximate surface area is 179 Å². The number of hydrogen-bond acceptors (Lipinski definition) is 8. The molecule has 0 bridgehead atoms. The normalized spacial score (nSPS) is 11.0. The second-order valence-corrected chi connectivity index (χ2v) is 10.1. The van der Waals surface area contributed by atoms with Crippen LogP contribution in [0.4, 0.5) is 5.13 Å². The topological polar surface area (TPSA) is 67.8 Å². The van der Waals surface area contributed by atoms with Crippen LogP contribution in [0.2, 0.25) is 0 Å². The van der Waals surface area contributed by atoms with Crippen molar-refractivity contribution in [3.8, 4) is 0 Å². The highest BCUT2D eigenvalue weighted by molar-refractivity contribution is 8.00. The largest absolute Gasteiger partial charge is 0.300 e. The molecule has 0 fully saturated rings. The summed E-state index contributed by atoms with van der Waals surface area (Å²) in [6.07, 6.45) is 0. The first-order valence-corrected chi connectivity index (χ1v) is 12.3. The van der Waals surface area contributed by atoms with Gasteiger partial charge in [-0.05, 0) is 17.7 Å². The van der Waals surface area contributed by atoms with Crippen molar-refractivity contribution in [2.24, 2.45) is 0 Å². The summed E-state index contributed by atoms with van der Waals surface area (Å²) >= 11 is 6.25. The molecule has 0 aliphatic heterocycles. The number of thioether (sulfide) groups is 2. The third-order valence-corrected chi connectivity index (χ3v) is 7.86.